The number of allylic oxidation sites excluding steroid dienone is 1. The number of benzene rings is 2. The molecule has 0 aliphatic carbocycles. The molecule has 5 nitrogen and oxygen atoms in total. The maximum atomic E-state index is 12.3. The Hall–Kier alpha value is -2.82. The van der Waals surface area contributed by atoms with E-state index in [-0.39, 0.29) is 18.7 Å². The minimum Gasteiger partial charge on any atom is -0.497 e. The van der Waals surface area contributed by atoms with Gasteiger partial charge < -0.3 is 15.2 Å². The van der Waals surface area contributed by atoms with Crippen molar-refractivity contribution in [2.24, 2.45) is 0 Å². The zero-order chi connectivity index (χ0) is 17.5. The summed E-state index contributed by atoms with van der Waals surface area (Å²) in [4.78, 5) is 23.5. The van der Waals surface area contributed by atoms with Gasteiger partial charge in [-0.25, -0.2) is 4.79 Å². The van der Waals surface area contributed by atoms with Gasteiger partial charge in [0, 0.05) is 0 Å². The molecule has 126 valence electrons. The topological polar surface area (TPSA) is 75.6 Å². The SMILES string of the molecule is C/C=C/CC(NC(=O)Cc1cccc2ccc(OC)cc12)C(=O)O. The maximum Gasteiger partial charge on any atom is 0.326 e. The van der Waals surface area contributed by atoms with Crippen LogP contribution in [0, 0.1) is 0 Å². The van der Waals surface area contributed by atoms with Crippen LogP contribution >= 0.6 is 0 Å². The van der Waals surface area contributed by atoms with Crippen molar-refractivity contribution in [2.45, 2.75) is 25.8 Å². The highest BCUT2D eigenvalue weighted by molar-refractivity contribution is 5.92. The van der Waals surface area contributed by atoms with Gasteiger partial charge in [-0.15, -0.1) is 0 Å². The molecule has 1 unspecified atom stereocenters. The first-order valence-corrected chi connectivity index (χ1v) is 7.74. The van der Waals surface area contributed by atoms with Crippen LogP contribution in [-0.4, -0.2) is 30.1 Å². The molecule has 0 spiro atoms. The Balaban J connectivity index is 2.19. The van der Waals surface area contributed by atoms with Gasteiger partial charge in [-0.05, 0) is 41.8 Å². The van der Waals surface area contributed by atoms with E-state index in [9.17, 15) is 14.7 Å². The first-order chi connectivity index (χ1) is 11.5. The molecule has 0 saturated heterocycles. The number of amides is 1. The van der Waals surface area contributed by atoms with Crippen molar-refractivity contribution in [2.75, 3.05) is 7.11 Å². The van der Waals surface area contributed by atoms with Crippen LogP contribution in [0.1, 0.15) is 18.9 Å². The average molecular weight is 327 g/mol. The number of carboxylic acid groups (broad SMARTS) is 1. The van der Waals surface area contributed by atoms with Gasteiger partial charge in [-0.3, -0.25) is 4.79 Å². The van der Waals surface area contributed by atoms with Gasteiger partial charge in [-0.2, -0.15) is 0 Å². The van der Waals surface area contributed by atoms with Gasteiger partial charge in [0.15, 0.2) is 0 Å². The third-order valence-corrected chi connectivity index (χ3v) is 3.77. The van der Waals surface area contributed by atoms with Crippen LogP contribution in [0.2, 0.25) is 0 Å². The molecule has 0 aliphatic heterocycles. The first-order valence-electron chi connectivity index (χ1n) is 7.74. The molecule has 0 aliphatic rings. The number of carbonyl (C=O) groups is 2. The lowest BCUT2D eigenvalue weighted by atomic mass is 10.0. The van der Waals surface area contributed by atoms with Crippen LogP contribution in [0.25, 0.3) is 10.8 Å². The van der Waals surface area contributed by atoms with E-state index < -0.39 is 12.0 Å². The lowest BCUT2D eigenvalue weighted by Gasteiger charge is -2.13. The largest absolute Gasteiger partial charge is 0.497 e. The van der Waals surface area contributed by atoms with Crippen molar-refractivity contribution in [3.63, 3.8) is 0 Å². The van der Waals surface area contributed by atoms with E-state index in [1.165, 1.54) is 0 Å². The van der Waals surface area contributed by atoms with E-state index in [1.807, 2.05) is 43.3 Å². The molecule has 2 aromatic rings. The highest BCUT2D eigenvalue weighted by Gasteiger charge is 2.19. The summed E-state index contributed by atoms with van der Waals surface area (Å²) in [5.74, 6) is -0.643. The molecule has 0 heterocycles. The van der Waals surface area contributed by atoms with Crippen molar-refractivity contribution in [3.8, 4) is 5.75 Å². The third kappa shape index (κ3) is 4.35. The Morgan fingerprint density at radius 1 is 1.29 bits per heavy atom. The number of rotatable bonds is 7. The van der Waals surface area contributed by atoms with Crippen molar-refractivity contribution in [3.05, 3.63) is 54.1 Å². The Morgan fingerprint density at radius 3 is 2.75 bits per heavy atom. The van der Waals surface area contributed by atoms with Crippen molar-refractivity contribution < 1.29 is 19.4 Å². The number of hydrogen-bond acceptors (Lipinski definition) is 3. The molecule has 24 heavy (non-hydrogen) atoms. The summed E-state index contributed by atoms with van der Waals surface area (Å²) < 4.78 is 5.24. The number of aliphatic carboxylic acids is 1. The van der Waals surface area contributed by atoms with E-state index in [0.717, 1.165) is 16.3 Å². The van der Waals surface area contributed by atoms with Crippen molar-refractivity contribution in [1.29, 1.82) is 0 Å². The summed E-state index contributed by atoms with van der Waals surface area (Å²) in [6.07, 6.45) is 3.87. The third-order valence-electron chi connectivity index (χ3n) is 3.77. The smallest absolute Gasteiger partial charge is 0.326 e. The summed E-state index contributed by atoms with van der Waals surface area (Å²) in [7, 11) is 1.59. The molecule has 2 N–H and O–H groups in total. The Labute approximate surface area is 140 Å². The molecule has 0 radical (unpaired) electrons. The number of methoxy groups -OCH3 is 1. The van der Waals surface area contributed by atoms with Gasteiger partial charge in [-0.1, -0.05) is 36.4 Å². The van der Waals surface area contributed by atoms with Crippen LogP contribution in [0.5, 0.6) is 5.75 Å². The fraction of sp³-hybridized carbons (Fsp3) is 0.263. The first kappa shape index (κ1) is 17.5. The Bertz CT molecular complexity index is 767. The van der Waals surface area contributed by atoms with E-state index >= 15 is 0 Å². The lowest BCUT2D eigenvalue weighted by Crippen LogP contribution is -2.41. The van der Waals surface area contributed by atoms with E-state index in [4.69, 9.17) is 4.74 Å². The lowest BCUT2D eigenvalue weighted by molar-refractivity contribution is -0.141. The molecule has 0 aromatic heterocycles. The maximum absolute atomic E-state index is 12.3. The second kappa shape index (κ2) is 8.15. The van der Waals surface area contributed by atoms with Crippen LogP contribution in [0.3, 0.4) is 0 Å². The summed E-state index contributed by atoms with van der Waals surface area (Å²) in [5, 5.41) is 13.7. The number of carboxylic acids is 1. The summed E-state index contributed by atoms with van der Waals surface area (Å²) >= 11 is 0. The molecule has 0 bridgehead atoms. The second-order valence-corrected chi connectivity index (χ2v) is 5.44. The van der Waals surface area contributed by atoms with Gasteiger partial charge in [0.25, 0.3) is 0 Å². The standard InChI is InChI=1S/C19H21NO4/c1-3-4-8-17(19(22)23)20-18(21)11-14-7-5-6-13-9-10-15(24-2)12-16(13)14/h3-7,9-10,12,17H,8,11H2,1-2H3,(H,20,21)(H,22,23)/b4-3+. The predicted molar refractivity (Wildman–Crippen MR) is 93.2 cm³/mol. The highest BCUT2D eigenvalue weighted by Crippen LogP contribution is 2.24. The molecular formula is C19H21NO4. The van der Waals surface area contributed by atoms with E-state index in [2.05, 4.69) is 5.32 Å². The Kier molecular flexibility index (Phi) is 5.95. The average Bonchev–Trinajstić information content (AvgIpc) is 2.58. The molecule has 2 aromatic carbocycles. The second-order valence-electron chi connectivity index (χ2n) is 5.44. The minimum atomic E-state index is -1.04. The van der Waals surface area contributed by atoms with Crippen LogP contribution in [0.4, 0.5) is 0 Å². The predicted octanol–water partition coefficient (Wildman–Crippen LogP) is 2.93. The number of nitrogens with one attached hydrogen (secondary N) is 1. The van der Waals surface area contributed by atoms with Crippen LogP contribution in [-0.2, 0) is 16.0 Å². The number of fused-ring (bicyclic) bond motifs is 1. The quantitative estimate of drug-likeness (QED) is 0.767. The van der Waals surface area contributed by atoms with Crippen LogP contribution < -0.4 is 10.1 Å². The molecular weight excluding hydrogens is 306 g/mol. The molecule has 1 amide bonds. The molecule has 0 fully saturated rings. The monoisotopic (exact) mass is 327 g/mol. The molecule has 5 heteroatoms. The van der Waals surface area contributed by atoms with E-state index in [1.54, 1.807) is 19.3 Å². The zero-order valence-electron chi connectivity index (χ0n) is 13.8. The number of ether oxygens (including phenoxy) is 1. The fourth-order valence-electron chi connectivity index (χ4n) is 2.51. The molecule has 0 saturated carbocycles. The fourth-order valence-corrected chi connectivity index (χ4v) is 2.51. The zero-order valence-corrected chi connectivity index (χ0v) is 13.8. The summed E-state index contributed by atoms with van der Waals surface area (Å²) in [6, 6.07) is 10.5. The highest BCUT2D eigenvalue weighted by atomic mass is 16.5. The van der Waals surface area contributed by atoms with Gasteiger partial charge >= 0.3 is 5.97 Å². The molecule has 2 rings (SSSR count). The number of hydrogen-bond donors (Lipinski definition) is 2. The van der Waals surface area contributed by atoms with Gasteiger partial charge in [0.1, 0.15) is 11.8 Å². The van der Waals surface area contributed by atoms with Crippen LogP contribution in [0.15, 0.2) is 48.6 Å². The van der Waals surface area contributed by atoms with Crippen molar-refractivity contribution >= 4 is 22.6 Å². The Morgan fingerprint density at radius 2 is 2.08 bits per heavy atom. The van der Waals surface area contributed by atoms with E-state index in [0.29, 0.717) is 5.75 Å². The molecule has 1 atom stereocenters. The number of carbonyl (C=O) groups excluding carboxylic acids is 1. The minimum absolute atomic E-state index is 0.115. The van der Waals surface area contributed by atoms with Gasteiger partial charge in [0.2, 0.25) is 5.91 Å². The summed E-state index contributed by atoms with van der Waals surface area (Å²) in [6.45, 7) is 1.81. The normalized spacial score (nSPS) is 12.2. The van der Waals surface area contributed by atoms with Gasteiger partial charge in [0.05, 0.1) is 13.5 Å². The van der Waals surface area contributed by atoms with Crippen molar-refractivity contribution in [1.82, 2.24) is 5.32 Å². The summed E-state index contributed by atoms with van der Waals surface area (Å²) in [5.41, 5.74) is 0.832.